The fourth-order valence-electron chi connectivity index (χ4n) is 3.00. The first kappa shape index (κ1) is 22.6. The zero-order chi connectivity index (χ0) is 17.4. The lowest BCUT2D eigenvalue weighted by molar-refractivity contribution is 0.0982. The first-order chi connectivity index (χ1) is 11.5. The summed E-state index contributed by atoms with van der Waals surface area (Å²) in [5.74, 6) is 0.883. The maximum absolute atomic E-state index is 4.70. The summed E-state index contributed by atoms with van der Waals surface area (Å²) in [5.41, 5.74) is 1.21. The molecule has 0 atom stereocenters. The summed E-state index contributed by atoms with van der Waals surface area (Å²) in [4.78, 5) is 11.9. The molecule has 0 aromatic carbocycles. The molecule has 0 spiro atoms. The number of nitrogens with one attached hydrogen (secondary N) is 2. The van der Waals surface area contributed by atoms with Gasteiger partial charge in [0.1, 0.15) is 0 Å². The van der Waals surface area contributed by atoms with E-state index in [4.69, 9.17) is 4.99 Å². The molecule has 1 aliphatic rings. The van der Waals surface area contributed by atoms with Gasteiger partial charge in [-0.1, -0.05) is 13.3 Å². The Bertz CT molecular complexity index is 523. The Balaban J connectivity index is 0.00000312. The van der Waals surface area contributed by atoms with Crippen LogP contribution in [-0.4, -0.2) is 47.6 Å². The van der Waals surface area contributed by atoms with Gasteiger partial charge in [0.15, 0.2) is 5.96 Å². The maximum Gasteiger partial charge on any atom is 0.191 e. The van der Waals surface area contributed by atoms with E-state index < -0.39 is 0 Å². The van der Waals surface area contributed by atoms with Gasteiger partial charge in [0.05, 0.1) is 17.2 Å². The molecule has 0 saturated carbocycles. The molecule has 1 aromatic heterocycles. The zero-order valence-corrected chi connectivity index (χ0v) is 19.2. The maximum atomic E-state index is 4.70. The number of guanidine groups is 1. The molecule has 2 rings (SSSR count). The molecule has 1 saturated heterocycles. The molecule has 144 valence electrons. The molecule has 25 heavy (non-hydrogen) atoms. The summed E-state index contributed by atoms with van der Waals surface area (Å²) in [6, 6.07) is 0. The van der Waals surface area contributed by atoms with E-state index in [1.807, 2.05) is 0 Å². The van der Waals surface area contributed by atoms with Crippen LogP contribution in [0.2, 0.25) is 0 Å². The Kier molecular flexibility index (Phi) is 10.3. The smallest absolute Gasteiger partial charge is 0.191 e. The molecule has 2 N–H and O–H groups in total. The standard InChI is InChI=1S/C18H33N5S.HI/c1-5-16-22-15(13-24-16)12-20-17(19-6-2)21-14-18(3,4)23-10-8-7-9-11-23;/h13H,5-12,14H2,1-4H3,(H2,19,20,21);1H. The van der Waals surface area contributed by atoms with Crippen molar-refractivity contribution >= 4 is 41.3 Å². The van der Waals surface area contributed by atoms with Crippen molar-refractivity contribution in [3.63, 3.8) is 0 Å². The number of hydrogen-bond donors (Lipinski definition) is 2. The number of thiazole rings is 1. The van der Waals surface area contributed by atoms with Gasteiger partial charge in [0.25, 0.3) is 0 Å². The van der Waals surface area contributed by atoms with Crippen LogP contribution in [0, 0.1) is 0 Å². The molecule has 7 heteroatoms. The second-order valence-electron chi connectivity index (χ2n) is 6.99. The first-order valence-electron chi connectivity index (χ1n) is 9.25. The Morgan fingerprint density at radius 3 is 2.56 bits per heavy atom. The Morgan fingerprint density at radius 2 is 1.96 bits per heavy atom. The Labute approximate surface area is 174 Å². The summed E-state index contributed by atoms with van der Waals surface area (Å²) in [7, 11) is 0. The summed E-state index contributed by atoms with van der Waals surface area (Å²) >= 11 is 1.72. The second kappa shape index (κ2) is 11.3. The molecule has 0 unspecified atom stereocenters. The number of likely N-dealkylation sites (tertiary alicyclic amines) is 1. The summed E-state index contributed by atoms with van der Waals surface area (Å²) in [6.07, 6.45) is 5.01. The van der Waals surface area contributed by atoms with Gasteiger partial charge in [-0.25, -0.2) is 9.98 Å². The third-order valence-corrected chi connectivity index (χ3v) is 5.59. The van der Waals surface area contributed by atoms with Crippen LogP contribution in [0.15, 0.2) is 10.4 Å². The quantitative estimate of drug-likeness (QED) is 0.356. The van der Waals surface area contributed by atoms with Crippen LogP contribution in [0.5, 0.6) is 0 Å². The molecule has 5 nitrogen and oxygen atoms in total. The minimum atomic E-state index is 0. The second-order valence-corrected chi connectivity index (χ2v) is 7.94. The van der Waals surface area contributed by atoms with Crippen LogP contribution < -0.4 is 10.6 Å². The number of aliphatic imine (C=N–C) groups is 1. The lowest BCUT2D eigenvalue weighted by Crippen LogP contribution is -2.54. The van der Waals surface area contributed by atoms with Crippen LogP contribution in [0.25, 0.3) is 0 Å². The first-order valence-corrected chi connectivity index (χ1v) is 10.1. The number of aromatic nitrogens is 1. The molecule has 1 aromatic rings. The van der Waals surface area contributed by atoms with Crippen molar-refractivity contribution in [2.45, 2.75) is 65.5 Å². The van der Waals surface area contributed by atoms with Crippen molar-refractivity contribution in [3.05, 3.63) is 16.1 Å². The van der Waals surface area contributed by atoms with Crippen molar-refractivity contribution in [3.8, 4) is 0 Å². The minimum absolute atomic E-state index is 0. The van der Waals surface area contributed by atoms with E-state index in [1.165, 1.54) is 37.4 Å². The van der Waals surface area contributed by atoms with Crippen molar-refractivity contribution < 1.29 is 0 Å². The van der Waals surface area contributed by atoms with E-state index in [0.717, 1.165) is 31.2 Å². The van der Waals surface area contributed by atoms with Crippen molar-refractivity contribution in [1.29, 1.82) is 0 Å². The summed E-state index contributed by atoms with van der Waals surface area (Å²) in [5, 5.41) is 10.2. The van der Waals surface area contributed by atoms with Gasteiger partial charge in [-0.15, -0.1) is 35.3 Å². The number of nitrogens with zero attached hydrogens (tertiary/aromatic N) is 3. The Morgan fingerprint density at radius 1 is 1.24 bits per heavy atom. The molecule has 0 bridgehead atoms. The van der Waals surface area contributed by atoms with Crippen molar-refractivity contribution in [1.82, 2.24) is 20.5 Å². The van der Waals surface area contributed by atoms with Crippen LogP contribution >= 0.6 is 35.3 Å². The third kappa shape index (κ3) is 7.38. The lowest BCUT2D eigenvalue weighted by Gasteiger charge is -2.41. The van der Waals surface area contributed by atoms with E-state index in [9.17, 15) is 0 Å². The molecular weight excluding hydrogens is 445 g/mol. The predicted molar refractivity (Wildman–Crippen MR) is 119 cm³/mol. The van der Waals surface area contributed by atoms with Crippen molar-refractivity contribution in [2.24, 2.45) is 4.99 Å². The molecule has 0 amide bonds. The van der Waals surface area contributed by atoms with Gasteiger partial charge in [-0.05, 0) is 53.1 Å². The molecular formula is C18H34IN5S. The van der Waals surface area contributed by atoms with Gasteiger partial charge in [0.2, 0.25) is 0 Å². The fraction of sp³-hybridized carbons (Fsp3) is 0.778. The van der Waals surface area contributed by atoms with E-state index in [-0.39, 0.29) is 29.5 Å². The van der Waals surface area contributed by atoms with Crippen LogP contribution in [0.4, 0.5) is 0 Å². The van der Waals surface area contributed by atoms with E-state index >= 15 is 0 Å². The summed E-state index contributed by atoms with van der Waals surface area (Å²) < 4.78 is 0. The number of halogens is 1. The number of hydrogen-bond acceptors (Lipinski definition) is 4. The van der Waals surface area contributed by atoms with Gasteiger partial charge in [-0.2, -0.15) is 0 Å². The third-order valence-electron chi connectivity index (χ3n) is 4.55. The average molecular weight is 479 g/mol. The number of aryl methyl sites for hydroxylation is 1. The largest absolute Gasteiger partial charge is 0.357 e. The van der Waals surface area contributed by atoms with Crippen LogP contribution in [0.1, 0.15) is 57.7 Å². The highest BCUT2D eigenvalue weighted by Gasteiger charge is 2.27. The molecule has 1 fully saturated rings. The SMILES string of the molecule is CCNC(=NCc1csc(CC)n1)NCC(C)(C)N1CCCCC1.I. The fourth-order valence-corrected chi connectivity index (χ4v) is 3.73. The summed E-state index contributed by atoms with van der Waals surface area (Å²) in [6.45, 7) is 13.7. The normalized spacial score (nSPS) is 16.4. The predicted octanol–water partition coefficient (Wildman–Crippen LogP) is 3.64. The van der Waals surface area contributed by atoms with Gasteiger partial charge < -0.3 is 10.6 Å². The lowest BCUT2D eigenvalue weighted by atomic mass is 9.98. The van der Waals surface area contributed by atoms with E-state index in [0.29, 0.717) is 6.54 Å². The number of rotatable bonds is 7. The van der Waals surface area contributed by atoms with Crippen molar-refractivity contribution in [2.75, 3.05) is 26.2 Å². The minimum Gasteiger partial charge on any atom is -0.357 e. The average Bonchev–Trinajstić information content (AvgIpc) is 3.06. The molecule has 0 radical (unpaired) electrons. The topological polar surface area (TPSA) is 52.6 Å². The monoisotopic (exact) mass is 479 g/mol. The highest BCUT2D eigenvalue weighted by molar-refractivity contribution is 14.0. The van der Waals surface area contributed by atoms with E-state index in [2.05, 4.69) is 53.6 Å². The van der Waals surface area contributed by atoms with Gasteiger partial charge in [-0.3, -0.25) is 4.90 Å². The zero-order valence-electron chi connectivity index (χ0n) is 16.1. The molecule has 2 heterocycles. The van der Waals surface area contributed by atoms with Crippen LogP contribution in [0.3, 0.4) is 0 Å². The van der Waals surface area contributed by atoms with Gasteiger partial charge >= 0.3 is 0 Å². The molecule has 1 aliphatic heterocycles. The highest BCUT2D eigenvalue weighted by Crippen LogP contribution is 2.19. The number of piperidine rings is 1. The Hall–Kier alpha value is -0.410. The van der Waals surface area contributed by atoms with Crippen LogP contribution in [-0.2, 0) is 13.0 Å². The highest BCUT2D eigenvalue weighted by atomic mass is 127. The van der Waals surface area contributed by atoms with Gasteiger partial charge in [0, 0.05) is 24.0 Å². The van der Waals surface area contributed by atoms with E-state index in [1.54, 1.807) is 11.3 Å². The molecule has 0 aliphatic carbocycles.